The van der Waals surface area contributed by atoms with Gasteiger partial charge >= 0.3 is 0 Å². The molecule has 2 N–H and O–H groups in total. The topological polar surface area (TPSA) is 105 Å². The summed E-state index contributed by atoms with van der Waals surface area (Å²) >= 11 is 0. The lowest BCUT2D eigenvalue weighted by molar-refractivity contribution is 0.161. The second kappa shape index (κ2) is 9.87. The first kappa shape index (κ1) is 23.9. The average molecular weight is 526 g/mol. The number of pyridine rings is 1. The van der Waals surface area contributed by atoms with Crippen LogP contribution in [0.15, 0.2) is 55.3 Å². The zero-order chi connectivity index (χ0) is 26.3. The molecule has 0 unspecified atom stereocenters. The molecular formula is C29H28FN7O2. The van der Waals surface area contributed by atoms with Crippen LogP contribution in [-0.2, 0) is 11.3 Å². The van der Waals surface area contributed by atoms with Crippen LogP contribution in [0.3, 0.4) is 0 Å². The molecule has 39 heavy (non-hydrogen) atoms. The van der Waals surface area contributed by atoms with Crippen LogP contribution in [0, 0.1) is 5.82 Å². The van der Waals surface area contributed by atoms with E-state index in [1.54, 1.807) is 24.4 Å². The number of nitrogens with zero attached hydrogens (tertiary/aromatic N) is 6. The quantitative estimate of drug-likeness (QED) is 0.338. The number of hydrogen-bond acceptors (Lipinski definition) is 7. The highest BCUT2D eigenvalue weighted by molar-refractivity contribution is 5.87. The lowest BCUT2D eigenvalue weighted by Gasteiger charge is -2.32. The van der Waals surface area contributed by atoms with Crippen LogP contribution in [0.1, 0.15) is 36.6 Å². The molecule has 1 aromatic carbocycles. The van der Waals surface area contributed by atoms with Gasteiger partial charge in [-0.3, -0.25) is 9.88 Å². The molecule has 0 spiro atoms. The van der Waals surface area contributed by atoms with Crippen LogP contribution in [0.2, 0.25) is 0 Å². The van der Waals surface area contributed by atoms with Crippen molar-refractivity contribution in [2.24, 2.45) is 0 Å². The van der Waals surface area contributed by atoms with E-state index >= 15 is 0 Å². The molecule has 1 fully saturated rings. The number of aromatic hydroxyl groups is 1. The summed E-state index contributed by atoms with van der Waals surface area (Å²) in [7, 11) is 0. The van der Waals surface area contributed by atoms with Gasteiger partial charge in [0.05, 0.1) is 31.4 Å². The predicted octanol–water partition coefficient (Wildman–Crippen LogP) is 4.86. The molecule has 0 aliphatic carbocycles. The summed E-state index contributed by atoms with van der Waals surface area (Å²) in [5.74, 6) is 0.369. The Morgan fingerprint density at radius 3 is 2.85 bits per heavy atom. The van der Waals surface area contributed by atoms with E-state index in [1.807, 2.05) is 12.5 Å². The fourth-order valence-corrected chi connectivity index (χ4v) is 5.71. The Morgan fingerprint density at radius 1 is 1.13 bits per heavy atom. The van der Waals surface area contributed by atoms with Crippen molar-refractivity contribution in [1.82, 2.24) is 34.4 Å². The van der Waals surface area contributed by atoms with Crippen LogP contribution in [0.4, 0.5) is 4.39 Å². The summed E-state index contributed by atoms with van der Waals surface area (Å²) in [4.78, 5) is 24.4. The molecule has 4 aromatic heterocycles. The Hall–Kier alpha value is -4.15. The number of hydrogen-bond donors (Lipinski definition) is 2. The van der Waals surface area contributed by atoms with Crippen molar-refractivity contribution in [2.45, 2.75) is 31.8 Å². The fraction of sp³-hybridized carbons (Fsp3) is 0.310. The number of imidazole rings is 1. The minimum Gasteiger partial charge on any atom is -0.506 e. The molecule has 0 amide bonds. The van der Waals surface area contributed by atoms with E-state index in [1.165, 1.54) is 12.3 Å². The van der Waals surface area contributed by atoms with Gasteiger partial charge in [0.15, 0.2) is 11.5 Å². The normalized spacial score (nSPS) is 17.2. The summed E-state index contributed by atoms with van der Waals surface area (Å²) in [6.45, 7) is 3.79. The van der Waals surface area contributed by atoms with Crippen molar-refractivity contribution in [3.05, 3.63) is 72.3 Å². The number of piperidine rings is 1. The van der Waals surface area contributed by atoms with E-state index in [4.69, 9.17) is 19.7 Å². The molecule has 1 saturated heterocycles. The van der Waals surface area contributed by atoms with E-state index in [0.717, 1.165) is 77.8 Å². The Labute approximate surface area is 224 Å². The largest absolute Gasteiger partial charge is 0.506 e. The van der Waals surface area contributed by atoms with Gasteiger partial charge in [0.2, 0.25) is 0 Å². The number of ether oxygens (including phenoxy) is 1. The average Bonchev–Trinajstić information content (AvgIpc) is 3.57. The smallest absolute Gasteiger partial charge is 0.164 e. The van der Waals surface area contributed by atoms with Crippen LogP contribution in [0.5, 0.6) is 5.75 Å². The number of rotatable bonds is 5. The van der Waals surface area contributed by atoms with Gasteiger partial charge in [-0.2, -0.15) is 0 Å². The summed E-state index contributed by atoms with van der Waals surface area (Å²) in [6.07, 6.45) is 11.6. The van der Waals surface area contributed by atoms with Gasteiger partial charge in [0.1, 0.15) is 17.1 Å². The molecule has 5 aromatic rings. The first-order valence-corrected chi connectivity index (χ1v) is 13.3. The molecule has 7 rings (SSSR count). The second-order valence-corrected chi connectivity index (χ2v) is 10.2. The Bertz CT molecular complexity index is 1700. The molecule has 0 bridgehead atoms. The van der Waals surface area contributed by atoms with Crippen molar-refractivity contribution in [3.8, 4) is 17.1 Å². The lowest BCUT2D eigenvalue weighted by atomic mass is 10.0. The number of aromatic amines is 1. The van der Waals surface area contributed by atoms with Gasteiger partial charge in [0.25, 0.3) is 0 Å². The van der Waals surface area contributed by atoms with Crippen molar-refractivity contribution in [1.29, 1.82) is 0 Å². The Morgan fingerprint density at radius 2 is 2.03 bits per heavy atom. The number of nitrogens with one attached hydrogen (secondary N) is 1. The third-order valence-corrected chi connectivity index (χ3v) is 7.74. The van der Waals surface area contributed by atoms with Gasteiger partial charge in [-0.05, 0) is 54.7 Å². The SMILES string of the molecule is Oc1cncc(-c2nc(C3=CCOCC3)c3ncn(C4CCN(Cc5c[nH]c6ccc(F)cc56)CC4)c3n2)c1. The van der Waals surface area contributed by atoms with E-state index in [2.05, 4.69) is 25.5 Å². The number of halogens is 1. The number of likely N-dealkylation sites (tertiary alicyclic amines) is 1. The van der Waals surface area contributed by atoms with Gasteiger partial charge in [-0.15, -0.1) is 0 Å². The van der Waals surface area contributed by atoms with E-state index < -0.39 is 0 Å². The minimum absolute atomic E-state index is 0.0712. The minimum atomic E-state index is -0.215. The first-order chi connectivity index (χ1) is 19.1. The Kier molecular flexibility index (Phi) is 6.05. The molecule has 0 saturated carbocycles. The van der Waals surface area contributed by atoms with E-state index in [-0.39, 0.29) is 17.6 Å². The molecule has 0 radical (unpaired) electrons. The first-order valence-electron chi connectivity index (χ1n) is 13.3. The predicted molar refractivity (Wildman–Crippen MR) is 145 cm³/mol. The third-order valence-electron chi connectivity index (χ3n) is 7.74. The number of aromatic nitrogens is 6. The zero-order valence-corrected chi connectivity index (χ0v) is 21.3. The Balaban J connectivity index is 1.18. The van der Waals surface area contributed by atoms with Crippen LogP contribution in [-0.4, -0.2) is 65.8 Å². The summed E-state index contributed by atoms with van der Waals surface area (Å²) in [6, 6.07) is 6.76. The maximum atomic E-state index is 13.8. The highest BCUT2D eigenvalue weighted by Crippen LogP contribution is 2.33. The maximum absolute atomic E-state index is 13.8. The standard InChI is InChI=1S/C29H28FN7O2/c30-21-1-2-25-24(12-21)20(14-32-25)16-36-7-3-22(4-8-36)37-17-33-27-26(18-5-9-39-10-6-18)34-28(35-29(27)37)19-11-23(38)15-31-13-19/h1-2,5,11-15,17,22,32,38H,3-4,6-10,16H2. The van der Waals surface area contributed by atoms with E-state index in [0.29, 0.717) is 24.6 Å². The molecule has 2 aliphatic heterocycles. The highest BCUT2D eigenvalue weighted by Gasteiger charge is 2.26. The number of benzene rings is 1. The van der Waals surface area contributed by atoms with E-state index in [9.17, 15) is 9.50 Å². The fourth-order valence-electron chi connectivity index (χ4n) is 5.71. The molecule has 2 aliphatic rings. The molecule has 9 nitrogen and oxygen atoms in total. The molecule has 198 valence electrons. The van der Waals surface area contributed by atoms with Gasteiger partial charge in [-0.25, -0.2) is 19.3 Å². The van der Waals surface area contributed by atoms with Gasteiger partial charge in [-0.1, -0.05) is 6.08 Å². The van der Waals surface area contributed by atoms with Crippen molar-refractivity contribution in [2.75, 3.05) is 26.3 Å². The molecule has 10 heteroatoms. The molecule has 0 atom stereocenters. The van der Waals surface area contributed by atoms with Gasteiger partial charge in [0, 0.05) is 54.5 Å². The second-order valence-electron chi connectivity index (χ2n) is 10.2. The summed E-state index contributed by atoms with van der Waals surface area (Å²) in [5, 5.41) is 11.0. The lowest BCUT2D eigenvalue weighted by Crippen LogP contribution is -2.34. The van der Waals surface area contributed by atoms with Gasteiger partial charge < -0.3 is 19.4 Å². The molecule has 6 heterocycles. The third kappa shape index (κ3) is 4.55. The van der Waals surface area contributed by atoms with Crippen LogP contribution < -0.4 is 0 Å². The summed E-state index contributed by atoms with van der Waals surface area (Å²) in [5.41, 5.74) is 6.20. The number of H-pyrrole nitrogens is 1. The van der Waals surface area contributed by atoms with Crippen molar-refractivity contribution < 1.29 is 14.2 Å². The number of fused-ring (bicyclic) bond motifs is 2. The maximum Gasteiger partial charge on any atom is 0.164 e. The summed E-state index contributed by atoms with van der Waals surface area (Å²) < 4.78 is 21.5. The van der Waals surface area contributed by atoms with Crippen molar-refractivity contribution >= 4 is 27.6 Å². The molecular weight excluding hydrogens is 497 g/mol. The van der Waals surface area contributed by atoms with Crippen LogP contribution >= 0.6 is 0 Å². The van der Waals surface area contributed by atoms with Crippen molar-refractivity contribution in [3.63, 3.8) is 0 Å². The zero-order valence-electron chi connectivity index (χ0n) is 21.3. The van der Waals surface area contributed by atoms with Crippen LogP contribution in [0.25, 0.3) is 39.0 Å². The monoisotopic (exact) mass is 525 g/mol. The highest BCUT2D eigenvalue weighted by atomic mass is 19.1.